The van der Waals surface area contributed by atoms with E-state index in [1.807, 2.05) is 0 Å². The SMILES string of the molecule is CCOC(=O)CNC(=O)CS(=O)(=O)c1cn(CC(=O)N2CCOCC2)c2ccccc12. The molecule has 0 atom stereocenters. The maximum absolute atomic E-state index is 12.9. The molecule has 1 N–H and O–H groups in total. The number of esters is 1. The zero-order valence-corrected chi connectivity index (χ0v) is 18.0. The molecule has 2 aromatic rings. The van der Waals surface area contributed by atoms with Crippen molar-refractivity contribution in [2.75, 3.05) is 45.2 Å². The van der Waals surface area contributed by atoms with Gasteiger partial charge in [-0.2, -0.15) is 0 Å². The fraction of sp³-hybridized carbons (Fsp3) is 0.450. The molecule has 11 heteroatoms. The Balaban J connectivity index is 1.79. The monoisotopic (exact) mass is 451 g/mol. The van der Waals surface area contributed by atoms with Crippen LogP contribution >= 0.6 is 0 Å². The van der Waals surface area contributed by atoms with Crippen LogP contribution in [-0.4, -0.2) is 80.9 Å². The number of amides is 2. The normalized spacial score (nSPS) is 14.4. The lowest BCUT2D eigenvalue weighted by molar-refractivity contribution is -0.143. The summed E-state index contributed by atoms with van der Waals surface area (Å²) in [5.74, 6) is -2.42. The molecule has 0 spiro atoms. The number of nitrogens with one attached hydrogen (secondary N) is 1. The molecule has 1 aliphatic heterocycles. The molecule has 1 saturated heterocycles. The zero-order valence-electron chi connectivity index (χ0n) is 17.2. The Morgan fingerprint density at radius 1 is 1.16 bits per heavy atom. The summed E-state index contributed by atoms with van der Waals surface area (Å²) in [7, 11) is -4.02. The molecular weight excluding hydrogens is 426 g/mol. The molecular formula is C20H25N3O7S. The van der Waals surface area contributed by atoms with Gasteiger partial charge in [-0.25, -0.2) is 8.42 Å². The molecule has 1 aromatic carbocycles. The molecule has 1 aliphatic rings. The van der Waals surface area contributed by atoms with Crippen molar-refractivity contribution in [3.8, 4) is 0 Å². The largest absolute Gasteiger partial charge is 0.465 e. The Morgan fingerprint density at radius 2 is 1.87 bits per heavy atom. The standard InChI is InChI=1S/C20H25N3O7S/c1-2-30-20(26)11-21-18(24)14-31(27,28)17-12-23(16-6-4-3-5-15(16)17)13-19(25)22-7-9-29-10-8-22/h3-6,12H,2,7-11,13-14H2,1H3,(H,21,24). The van der Waals surface area contributed by atoms with Crippen LogP contribution in [0.25, 0.3) is 10.9 Å². The first-order valence-corrected chi connectivity index (χ1v) is 11.6. The number of rotatable bonds is 8. The van der Waals surface area contributed by atoms with Crippen molar-refractivity contribution < 1.29 is 32.3 Å². The minimum atomic E-state index is -4.02. The van der Waals surface area contributed by atoms with Gasteiger partial charge in [0, 0.05) is 30.2 Å². The van der Waals surface area contributed by atoms with Gasteiger partial charge in [-0.3, -0.25) is 14.4 Å². The lowest BCUT2D eigenvalue weighted by Crippen LogP contribution is -2.42. The third kappa shape index (κ3) is 5.61. The average molecular weight is 452 g/mol. The fourth-order valence-electron chi connectivity index (χ4n) is 3.33. The Hall–Kier alpha value is -2.92. The predicted octanol–water partition coefficient (Wildman–Crippen LogP) is -0.0469. The van der Waals surface area contributed by atoms with E-state index in [0.29, 0.717) is 37.2 Å². The number of ether oxygens (including phenoxy) is 2. The Bertz CT molecular complexity index is 1070. The third-order valence-corrected chi connectivity index (χ3v) is 6.45. The van der Waals surface area contributed by atoms with Crippen LogP contribution in [0.15, 0.2) is 35.4 Å². The number of sulfone groups is 1. The van der Waals surface area contributed by atoms with E-state index >= 15 is 0 Å². The van der Waals surface area contributed by atoms with Crippen molar-refractivity contribution in [1.82, 2.24) is 14.8 Å². The van der Waals surface area contributed by atoms with E-state index < -0.39 is 34.0 Å². The molecule has 3 rings (SSSR count). The van der Waals surface area contributed by atoms with Gasteiger partial charge in [-0.1, -0.05) is 18.2 Å². The number of carbonyl (C=O) groups excluding carboxylic acids is 3. The third-order valence-electron chi connectivity index (χ3n) is 4.81. The highest BCUT2D eigenvalue weighted by Gasteiger charge is 2.26. The lowest BCUT2D eigenvalue weighted by Gasteiger charge is -2.27. The van der Waals surface area contributed by atoms with Gasteiger partial charge in [0.2, 0.25) is 11.8 Å². The van der Waals surface area contributed by atoms with Gasteiger partial charge in [0.25, 0.3) is 0 Å². The number of nitrogens with zero attached hydrogens (tertiary/aromatic N) is 2. The van der Waals surface area contributed by atoms with E-state index in [-0.39, 0.29) is 24.0 Å². The molecule has 1 aromatic heterocycles. The predicted molar refractivity (Wildman–Crippen MR) is 111 cm³/mol. The first kappa shape index (κ1) is 22.8. The summed E-state index contributed by atoms with van der Waals surface area (Å²) < 4.78 is 37.4. The van der Waals surface area contributed by atoms with Crippen LogP contribution in [0, 0.1) is 0 Å². The van der Waals surface area contributed by atoms with E-state index in [1.165, 1.54) is 6.20 Å². The summed E-state index contributed by atoms with van der Waals surface area (Å²) in [6, 6.07) is 6.80. The van der Waals surface area contributed by atoms with Crippen LogP contribution in [0.3, 0.4) is 0 Å². The van der Waals surface area contributed by atoms with Crippen molar-refractivity contribution in [2.45, 2.75) is 18.4 Å². The fourth-order valence-corrected chi connectivity index (χ4v) is 4.73. The molecule has 2 amide bonds. The van der Waals surface area contributed by atoms with E-state index in [4.69, 9.17) is 9.47 Å². The summed E-state index contributed by atoms with van der Waals surface area (Å²) in [6.45, 7) is 3.29. The van der Waals surface area contributed by atoms with Crippen molar-refractivity contribution in [2.24, 2.45) is 0 Å². The summed E-state index contributed by atoms with van der Waals surface area (Å²) >= 11 is 0. The van der Waals surface area contributed by atoms with Gasteiger partial charge in [0.15, 0.2) is 9.84 Å². The van der Waals surface area contributed by atoms with Gasteiger partial charge in [-0.15, -0.1) is 0 Å². The molecule has 10 nitrogen and oxygen atoms in total. The molecule has 168 valence electrons. The Kier molecular flexibility index (Phi) is 7.29. The van der Waals surface area contributed by atoms with E-state index in [1.54, 1.807) is 40.7 Å². The minimum Gasteiger partial charge on any atom is -0.465 e. The minimum absolute atomic E-state index is 0.0227. The smallest absolute Gasteiger partial charge is 0.325 e. The molecule has 0 bridgehead atoms. The Morgan fingerprint density at radius 3 is 2.58 bits per heavy atom. The highest BCUT2D eigenvalue weighted by Crippen LogP contribution is 2.26. The van der Waals surface area contributed by atoms with Gasteiger partial charge in [0.1, 0.15) is 18.8 Å². The maximum atomic E-state index is 12.9. The second kappa shape index (κ2) is 9.92. The quantitative estimate of drug-likeness (QED) is 0.558. The van der Waals surface area contributed by atoms with Crippen molar-refractivity contribution >= 4 is 38.5 Å². The second-order valence-electron chi connectivity index (χ2n) is 6.97. The molecule has 0 aliphatic carbocycles. The molecule has 1 fully saturated rings. The van der Waals surface area contributed by atoms with Crippen LogP contribution in [0.5, 0.6) is 0 Å². The summed E-state index contributed by atoms with van der Waals surface area (Å²) in [6.07, 6.45) is 1.39. The number of morpholine rings is 1. The van der Waals surface area contributed by atoms with Crippen LogP contribution in [0.2, 0.25) is 0 Å². The number of fused-ring (bicyclic) bond motifs is 1. The molecule has 2 heterocycles. The van der Waals surface area contributed by atoms with E-state index in [0.717, 1.165) is 0 Å². The number of hydrogen-bond donors (Lipinski definition) is 1. The van der Waals surface area contributed by atoms with Gasteiger partial charge in [-0.05, 0) is 13.0 Å². The van der Waals surface area contributed by atoms with Gasteiger partial charge >= 0.3 is 5.97 Å². The summed E-state index contributed by atoms with van der Waals surface area (Å²) in [5, 5.41) is 2.68. The number of para-hydroxylation sites is 1. The van der Waals surface area contributed by atoms with Crippen LogP contribution in [-0.2, 0) is 40.2 Å². The molecule has 0 unspecified atom stereocenters. The van der Waals surface area contributed by atoms with Crippen LogP contribution in [0.1, 0.15) is 6.92 Å². The van der Waals surface area contributed by atoms with Crippen LogP contribution < -0.4 is 5.32 Å². The highest BCUT2D eigenvalue weighted by atomic mass is 32.2. The molecule has 0 radical (unpaired) electrons. The molecule has 0 saturated carbocycles. The van der Waals surface area contributed by atoms with Crippen LogP contribution in [0.4, 0.5) is 0 Å². The first-order valence-electron chi connectivity index (χ1n) is 9.90. The lowest BCUT2D eigenvalue weighted by atomic mass is 10.2. The number of hydrogen-bond acceptors (Lipinski definition) is 7. The summed E-state index contributed by atoms with van der Waals surface area (Å²) in [4.78, 5) is 37.7. The highest BCUT2D eigenvalue weighted by molar-refractivity contribution is 7.92. The maximum Gasteiger partial charge on any atom is 0.325 e. The Labute approximate surface area is 180 Å². The van der Waals surface area contributed by atoms with E-state index in [2.05, 4.69) is 5.32 Å². The molecule has 31 heavy (non-hydrogen) atoms. The van der Waals surface area contributed by atoms with E-state index in [9.17, 15) is 22.8 Å². The first-order chi connectivity index (χ1) is 14.8. The van der Waals surface area contributed by atoms with Crippen molar-refractivity contribution in [3.63, 3.8) is 0 Å². The number of aromatic nitrogens is 1. The van der Waals surface area contributed by atoms with Crippen molar-refractivity contribution in [1.29, 1.82) is 0 Å². The second-order valence-corrected chi connectivity index (χ2v) is 8.93. The topological polar surface area (TPSA) is 124 Å². The number of benzene rings is 1. The van der Waals surface area contributed by atoms with Crippen molar-refractivity contribution in [3.05, 3.63) is 30.5 Å². The van der Waals surface area contributed by atoms with Gasteiger partial charge < -0.3 is 24.3 Å². The summed E-state index contributed by atoms with van der Waals surface area (Å²) in [5.41, 5.74) is 0.578. The number of carbonyl (C=O) groups is 3. The zero-order chi connectivity index (χ0) is 22.4. The van der Waals surface area contributed by atoms with Gasteiger partial charge in [0.05, 0.1) is 24.7 Å². The average Bonchev–Trinajstić information content (AvgIpc) is 3.12.